The number of amides is 2. The molecule has 4 aromatic rings. The van der Waals surface area contributed by atoms with Crippen molar-refractivity contribution in [2.45, 2.75) is 62.5 Å². The number of thioether (sulfide) groups is 2. The molecule has 0 aromatic heterocycles. The number of fused-ring (bicyclic) bond motifs is 1. The fraction of sp³-hybridized carbons (Fsp3) is 0.357. The van der Waals surface area contributed by atoms with Gasteiger partial charge in [-0.1, -0.05) is 129 Å². The number of nitrogens with one attached hydrogen (secondary N) is 2. The maximum absolute atomic E-state index is 14.4. The second kappa shape index (κ2) is 18.4. The van der Waals surface area contributed by atoms with Crippen molar-refractivity contribution >= 4 is 41.3 Å². The van der Waals surface area contributed by atoms with E-state index in [2.05, 4.69) is 83.4 Å². The lowest BCUT2D eigenvalue weighted by atomic mass is 9.84. The number of carboxylic acids is 1. The molecule has 0 aliphatic carbocycles. The molecule has 1 heterocycles. The number of aliphatic carboxylic acids is 1. The van der Waals surface area contributed by atoms with Crippen LogP contribution in [-0.4, -0.2) is 70.2 Å². The van der Waals surface area contributed by atoms with E-state index in [-0.39, 0.29) is 11.8 Å². The summed E-state index contributed by atoms with van der Waals surface area (Å²) in [6.45, 7) is 4.95. The molecule has 0 fully saturated rings. The van der Waals surface area contributed by atoms with Gasteiger partial charge in [0.25, 0.3) is 0 Å². The number of benzene rings is 4. The first-order chi connectivity index (χ1) is 24.8. The second-order valence-corrected chi connectivity index (χ2v) is 15.6. The Bertz CT molecular complexity index is 1630. The smallest absolute Gasteiger partial charge is 0.326 e. The Balaban J connectivity index is 1.32. The summed E-state index contributed by atoms with van der Waals surface area (Å²) in [5.74, 6) is -0.230. The maximum Gasteiger partial charge on any atom is 0.326 e. The highest BCUT2D eigenvalue weighted by Gasteiger charge is 2.40. The van der Waals surface area contributed by atoms with Crippen LogP contribution >= 0.6 is 23.5 Å². The Labute approximate surface area is 311 Å². The van der Waals surface area contributed by atoms with Gasteiger partial charge in [0.1, 0.15) is 12.1 Å². The third-order valence-corrected chi connectivity index (χ3v) is 11.8. The molecule has 7 nitrogen and oxygen atoms in total. The van der Waals surface area contributed by atoms with Gasteiger partial charge in [0.2, 0.25) is 11.8 Å². The minimum absolute atomic E-state index is 0.0311. The van der Waals surface area contributed by atoms with Gasteiger partial charge >= 0.3 is 5.97 Å². The summed E-state index contributed by atoms with van der Waals surface area (Å²) in [5, 5.41) is 16.1. The van der Waals surface area contributed by atoms with Crippen LogP contribution in [-0.2, 0) is 32.1 Å². The molecule has 268 valence electrons. The molecule has 0 saturated carbocycles. The molecule has 51 heavy (non-hydrogen) atoms. The van der Waals surface area contributed by atoms with E-state index in [1.54, 1.807) is 4.90 Å². The summed E-state index contributed by atoms with van der Waals surface area (Å²) in [7, 11) is 0. The number of hydrogen-bond acceptors (Lipinski definition) is 6. The van der Waals surface area contributed by atoms with E-state index < -0.39 is 34.7 Å². The fourth-order valence-corrected chi connectivity index (χ4v) is 8.83. The van der Waals surface area contributed by atoms with Crippen LogP contribution in [0.1, 0.15) is 54.5 Å². The molecule has 3 N–H and O–H groups in total. The molecule has 0 radical (unpaired) electrons. The molecule has 1 aliphatic heterocycles. The highest BCUT2D eigenvalue weighted by atomic mass is 32.2. The van der Waals surface area contributed by atoms with E-state index in [1.165, 1.54) is 28.5 Å². The van der Waals surface area contributed by atoms with E-state index in [0.29, 0.717) is 31.7 Å². The molecule has 4 aromatic carbocycles. The minimum atomic E-state index is -1.07. The van der Waals surface area contributed by atoms with Crippen molar-refractivity contribution in [3.05, 3.63) is 143 Å². The summed E-state index contributed by atoms with van der Waals surface area (Å²) in [6.07, 6.45) is 3.37. The fourth-order valence-electron chi connectivity index (χ4n) is 6.86. The van der Waals surface area contributed by atoms with Crippen LogP contribution in [0.15, 0.2) is 115 Å². The summed E-state index contributed by atoms with van der Waals surface area (Å²) in [4.78, 5) is 41.8. The molecule has 3 atom stereocenters. The van der Waals surface area contributed by atoms with Crippen molar-refractivity contribution in [1.29, 1.82) is 0 Å². The first-order valence-corrected chi connectivity index (χ1v) is 20.1. The number of nitrogens with zero attached hydrogens (tertiary/aromatic N) is 1. The van der Waals surface area contributed by atoms with Gasteiger partial charge in [0, 0.05) is 13.0 Å². The summed E-state index contributed by atoms with van der Waals surface area (Å²) in [6, 6.07) is 37.4. The Kier molecular flexibility index (Phi) is 13.8. The van der Waals surface area contributed by atoms with Crippen LogP contribution in [0.4, 0.5) is 0 Å². The lowest BCUT2D eigenvalue weighted by Gasteiger charge is -2.39. The predicted molar refractivity (Wildman–Crippen MR) is 210 cm³/mol. The van der Waals surface area contributed by atoms with Crippen LogP contribution in [0.3, 0.4) is 0 Å². The number of carbonyl (C=O) groups excluding carboxylic acids is 2. The van der Waals surface area contributed by atoms with Crippen LogP contribution in [0.25, 0.3) is 0 Å². The molecular formula is C42H49N3O4S2. The van der Waals surface area contributed by atoms with Gasteiger partial charge in [0.15, 0.2) is 0 Å². The molecule has 5 rings (SSSR count). The first kappa shape index (κ1) is 38.2. The van der Waals surface area contributed by atoms with Gasteiger partial charge in [-0.25, -0.2) is 4.79 Å². The molecule has 1 aliphatic rings. The zero-order valence-electron chi connectivity index (χ0n) is 29.7. The monoisotopic (exact) mass is 723 g/mol. The first-order valence-electron chi connectivity index (χ1n) is 17.7. The van der Waals surface area contributed by atoms with Crippen LogP contribution in [0, 0.1) is 5.92 Å². The standard InChI is InChI=1S/C42H49N3O4S2/c1-30(2)38(40(47)45-29-32-17-14-13-16-31(32)28-37(45)39(46)44-36(41(48)49)24-27-50-3)43-25-15-26-51-42(33-18-7-4-8-19-33,34-20-9-5-10-21-34)35-22-11-6-12-23-35/h4-14,16-23,30,36-38,43H,15,24-29H2,1-3H3,(H,44,46)(H,48,49)/t36-,37?,38+/m1/s1. The van der Waals surface area contributed by atoms with Gasteiger partial charge < -0.3 is 20.6 Å². The molecule has 0 spiro atoms. The van der Waals surface area contributed by atoms with Gasteiger partial charge in [0.05, 0.1) is 10.8 Å². The van der Waals surface area contributed by atoms with Crippen LogP contribution < -0.4 is 10.6 Å². The average molecular weight is 724 g/mol. The van der Waals surface area contributed by atoms with Crippen molar-refractivity contribution < 1.29 is 19.5 Å². The summed E-state index contributed by atoms with van der Waals surface area (Å²) in [5.41, 5.74) is 5.64. The molecule has 0 bridgehead atoms. The van der Waals surface area contributed by atoms with E-state index >= 15 is 0 Å². The van der Waals surface area contributed by atoms with Gasteiger partial charge in [-0.05, 0) is 70.9 Å². The zero-order chi connectivity index (χ0) is 36.2. The van der Waals surface area contributed by atoms with Crippen molar-refractivity contribution in [1.82, 2.24) is 15.5 Å². The van der Waals surface area contributed by atoms with E-state index in [1.807, 2.05) is 74.3 Å². The molecule has 1 unspecified atom stereocenters. The van der Waals surface area contributed by atoms with Gasteiger partial charge in [-0.2, -0.15) is 11.8 Å². The summed E-state index contributed by atoms with van der Waals surface area (Å²) >= 11 is 3.43. The normalized spacial score (nSPS) is 15.5. The Morgan fingerprint density at radius 3 is 1.84 bits per heavy atom. The summed E-state index contributed by atoms with van der Waals surface area (Å²) < 4.78 is -0.414. The molecule has 2 amide bonds. The third-order valence-electron chi connectivity index (χ3n) is 9.54. The van der Waals surface area contributed by atoms with E-state index in [9.17, 15) is 19.5 Å². The quantitative estimate of drug-likeness (QED) is 0.0798. The average Bonchev–Trinajstić information content (AvgIpc) is 3.16. The van der Waals surface area contributed by atoms with Gasteiger partial charge in [-0.15, -0.1) is 11.8 Å². The highest BCUT2D eigenvalue weighted by molar-refractivity contribution is 8.00. The lowest BCUT2D eigenvalue weighted by molar-refractivity contribution is -0.146. The molecular weight excluding hydrogens is 675 g/mol. The molecule has 0 saturated heterocycles. The van der Waals surface area contributed by atoms with Crippen LogP contribution in [0.2, 0.25) is 0 Å². The van der Waals surface area contributed by atoms with Crippen molar-refractivity contribution in [3.8, 4) is 0 Å². The van der Waals surface area contributed by atoms with E-state index in [0.717, 1.165) is 23.3 Å². The number of carbonyl (C=O) groups is 3. The van der Waals surface area contributed by atoms with Crippen molar-refractivity contribution in [3.63, 3.8) is 0 Å². The molecule has 9 heteroatoms. The van der Waals surface area contributed by atoms with E-state index in [4.69, 9.17) is 0 Å². The highest BCUT2D eigenvalue weighted by Crippen LogP contribution is 2.48. The Morgan fingerprint density at radius 1 is 0.804 bits per heavy atom. The SMILES string of the molecule is CSCC[C@@H](NC(=O)C1Cc2ccccc2CN1C(=O)[C@@H](NCCCSC(c1ccccc1)(c1ccccc1)c1ccccc1)C(C)C)C(=O)O. The lowest BCUT2D eigenvalue weighted by Crippen LogP contribution is -2.59. The zero-order valence-corrected chi connectivity index (χ0v) is 31.3. The van der Waals surface area contributed by atoms with Crippen molar-refractivity contribution in [2.24, 2.45) is 5.92 Å². The Morgan fingerprint density at radius 2 is 1.33 bits per heavy atom. The van der Waals surface area contributed by atoms with Crippen molar-refractivity contribution in [2.75, 3.05) is 24.3 Å². The van der Waals surface area contributed by atoms with Crippen LogP contribution in [0.5, 0.6) is 0 Å². The largest absolute Gasteiger partial charge is 0.480 e. The number of rotatable bonds is 17. The Hall–Kier alpha value is -4.05. The predicted octanol–water partition coefficient (Wildman–Crippen LogP) is 6.99. The third kappa shape index (κ3) is 9.25. The number of hydrogen-bond donors (Lipinski definition) is 3. The topological polar surface area (TPSA) is 98.7 Å². The maximum atomic E-state index is 14.4. The minimum Gasteiger partial charge on any atom is -0.480 e. The second-order valence-electron chi connectivity index (χ2n) is 13.3. The van der Waals surface area contributed by atoms with Gasteiger partial charge in [-0.3, -0.25) is 9.59 Å². The number of carboxylic acid groups (broad SMARTS) is 1.